The first-order valence-electron chi connectivity index (χ1n) is 7.72. The molecule has 3 heteroatoms. The molecule has 1 rings (SSSR count). The summed E-state index contributed by atoms with van der Waals surface area (Å²) in [7, 11) is 1.74. The largest absolute Gasteiger partial charge is 0.496 e. The van der Waals surface area contributed by atoms with E-state index in [2.05, 4.69) is 31.3 Å². The third-order valence-electron chi connectivity index (χ3n) is 3.40. The maximum atomic E-state index is 5.63. The van der Waals surface area contributed by atoms with Gasteiger partial charge in [0.15, 0.2) is 0 Å². The van der Waals surface area contributed by atoms with Crippen LogP contribution in [0.2, 0.25) is 0 Å². The predicted octanol–water partition coefficient (Wildman–Crippen LogP) is 3.28. The fraction of sp³-hybridized carbons (Fsp3) is 0.647. The van der Waals surface area contributed by atoms with Gasteiger partial charge in [-0.2, -0.15) is 0 Å². The summed E-state index contributed by atoms with van der Waals surface area (Å²) >= 11 is 0. The molecule has 3 nitrogen and oxygen atoms in total. The van der Waals surface area contributed by atoms with Crippen molar-refractivity contribution >= 4 is 0 Å². The van der Waals surface area contributed by atoms with Gasteiger partial charge < -0.3 is 14.8 Å². The molecule has 114 valence electrons. The van der Waals surface area contributed by atoms with Crippen LogP contribution < -0.4 is 10.1 Å². The minimum atomic E-state index is 0.586. The summed E-state index contributed by atoms with van der Waals surface area (Å²) in [6.07, 6.45) is 3.21. The van der Waals surface area contributed by atoms with Crippen molar-refractivity contribution in [2.75, 3.05) is 33.4 Å². The smallest absolute Gasteiger partial charge is 0.122 e. The number of rotatable bonds is 11. The van der Waals surface area contributed by atoms with Crippen molar-refractivity contribution in [2.45, 2.75) is 33.1 Å². The molecule has 0 spiro atoms. The number of ether oxygens (including phenoxy) is 2. The molecule has 0 aliphatic heterocycles. The molecule has 1 unspecified atom stereocenters. The van der Waals surface area contributed by atoms with Gasteiger partial charge in [-0.25, -0.2) is 0 Å². The Morgan fingerprint density at radius 3 is 2.65 bits per heavy atom. The minimum absolute atomic E-state index is 0.586. The zero-order chi connectivity index (χ0) is 14.6. The van der Waals surface area contributed by atoms with E-state index in [0.29, 0.717) is 5.92 Å². The van der Waals surface area contributed by atoms with E-state index in [4.69, 9.17) is 9.47 Å². The average Bonchev–Trinajstić information content (AvgIpc) is 2.49. The number of para-hydroxylation sites is 1. The lowest BCUT2D eigenvalue weighted by Gasteiger charge is -2.19. The van der Waals surface area contributed by atoms with E-state index in [1.165, 1.54) is 5.56 Å². The van der Waals surface area contributed by atoms with Crippen molar-refractivity contribution in [1.82, 2.24) is 5.32 Å². The van der Waals surface area contributed by atoms with Crippen LogP contribution >= 0.6 is 0 Å². The molecule has 0 aliphatic rings. The number of methoxy groups -OCH3 is 1. The molecule has 0 saturated carbocycles. The lowest BCUT2D eigenvalue weighted by atomic mass is 9.95. The first-order chi connectivity index (χ1) is 9.81. The fourth-order valence-corrected chi connectivity index (χ4v) is 2.30. The molecule has 0 heterocycles. The van der Waals surface area contributed by atoms with Gasteiger partial charge in [0.1, 0.15) is 5.75 Å². The monoisotopic (exact) mass is 279 g/mol. The molecule has 0 aromatic heterocycles. The summed E-state index contributed by atoms with van der Waals surface area (Å²) in [4.78, 5) is 0. The van der Waals surface area contributed by atoms with Crippen LogP contribution in [0.15, 0.2) is 24.3 Å². The van der Waals surface area contributed by atoms with Gasteiger partial charge in [0, 0.05) is 13.2 Å². The molecule has 0 bridgehead atoms. The van der Waals surface area contributed by atoms with Crippen LogP contribution in [0.1, 0.15) is 32.3 Å². The van der Waals surface area contributed by atoms with E-state index < -0.39 is 0 Å². The molecule has 1 atom stereocenters. The summed E-state index contributed by atoms with van der Waals surface area (Å²) in [5, 5.41) is 3.45. The predicted molar refractivity (Wildman–Crippen MR) is 84.5 cm³/mol. The summed E-state index contributed by atoms with van der Waals surface area (Å²) in [5.41, 5.74) is 1.29. The fourth-order valence-electron chi connectivity index (χ4n) is 2.30. The third-order valence-corrected chi connectivity index (χ3v) is 3.40. The second-order valence-electron chi connectivity index (χ2n) is 5.09. The van der Waals surface area contributed by atoms with Crippen molar-refractivity contribution in [1.29, 1.82) is 0 Å². The van der Waals surface area contributed by atoms with Gasteiger partial charge in [-0.3, -0.25) is 0 Å². The van der Waals surface area contributed by atoms with Gasteiger partial charge in [-0.05, 0) is 49.9 Å². The quantitative estimate of drug-likeness (QED) is 0.631. The second kappa shape index (κ2) is 10.7. The van der Waals surface area contributed by atoms with Gasteiger partial charge in [-0.15, -0.1) is 0 Å². The number of hydrogen-bond donors (Lipinski definition) is 1. The van der Waals surface area contributed by atoms with E-state index in [1.54, 1.807) is 7.11 Å². The van der Waals surface area contributed by atoms with Crippen LogP contribution in [0.5, 0.6) is 5.75 Å². The molecule has 1 aromatic rings. The van der Waals surface area contributed by atoms with Crippen molar-refractivity contribution in [3.8, 4) is 5.75 Å². The number of benzene rings is 1. The molecule has 20 heavy (non-hydrogen) atoms. The summed E-state index contributed by atoms with van der Waals surface area (Å²) in [5.74, 6) is 1.58. The highest BCUT2D eigenvalue weighted by Gasteiger charge is 2.12. The summed E-state index contributed by atoms with van der Waals surface area (Å²) < 4.78 is 11.1. The standard InChI is InChI=1S/C17H29NO2/c1-4-11-20-12-10-15(14-18-5-2)13-16-8-6-7-9-17(16)19-3/h6-9,15,18H,4-5,10-14H2,1-3H3. The van der Waals surface area contributed by atoms with E-state index >= 15 is 0 Å². The third kappa shape index (κ3) is 6.40. The Labute approximate surface area is 123 Å². The van der Waals surface area contributed by atoms with E-state index in [-0.39, 0.29) is 0 Å². The Bertz CT molecular complexity index is 355. The van der Waals surface area contributed by atoms with E-state index in [1.807, 2.05) is 12.1 Å². The van der Waals surface area contributed by atoms with Gasteiger partial charge in [0.05, 0.1) is 7.11 Å². The van der Waals surface area contributed by atoms with Crippen LogP contribution in [0.3, 0.4) is 0 Å². The highest BCUT2D eigenvalue weighted by molar-refractivity contribution is 5.33. The SMILES string of the molecule is CCCOCCC(CNCC)Cc1ccccc1OC. The Kier molecular flexibility index (Phi) is 9.09. The van der Waals surface area contributed by atoms with Gasteiger partial charge >= 0.3 is 0 Å². The van der Waals surface area contributed by atoms with Crippen LogP contribution in [0.4, 0.5) is 0 Å². The molecule has 0 radical (unpaired) electrons. The molecule has 0 amide bonds. The first-order valence-corrected chi connectivity index (χ1v) is 7.72. The molecular formula is C17H29NO2. The Hall–Kier alpha value is -1.06. The van der Waals surface area contributed by atoms with Crippen molar-refractivity contribution in [3.63, 3.8) is 0 Å². The number of nitrogens with one attached hydrogen (secondary N) is 1. The zero-order valence-corrected chi connectivity index (χ0v) is 13.2. The maximum Gasteiger partial charge on any atom is 0.122 e. The van der Waals surface area contributed by atoms with Crippen LogP contribution in [0, 0.1) is 5.92 Å². The van der Waals surface area contributed by atoms with Crippen LogP contribution in [-0.2, 0) is 11.2 Å². The van der Waals surface area contributed by atoms with Gasteiger partial charge in [-0.1, -0.05) is 32.0 Å². The van der Waals surface area contributed by atoms with Crippen molar-refractivity contribution < 1.29 is 9.47 Å². The van der Waals surface area contributed by atoms with Crippen LogP contribution in [-0.4, -0.2) is 33.4 Å². The normalized spacial score (nSPS) is 12.3. The topological polar surface area (TPSA) is 30.5 Å². The van der Waals surface area contributed by atoms with Gasteiger partial charge in [0.25, 0.3) is 0 Å². The average molecular weight is 279 g/mol. The van der Waals surface area contributed by atoms with E-state index in [9.17, 15) is 0 Å². The molecule has 0 fully saturated rings. The Morgan fingerprint density at radius 2 is 1.95 bits per heavy atom. The first kappa shape index (κ1) is 17.0. The second-order valence-corrected chi connectivity index (χ2v) is 5.09. The summed E-state index contributed by atoms with van der Waals surface area (Å²) in [6, 6.07) is 8.29. The van der Waals surface area contributed by atoms with Crippen LogP contribution in [0.25, 0.3) is 0 Å². The lowest BCUT2D eigenvalue weighted by Crippen LogP contribution is -2.25. The maximum absolute atomic E-state index is 5.63. The molecule has 0 aliphatic carbocycles. The molecule has 1 aromatic carbocycles. The minimum Gasteiger partial charge on any atom is -0.496 e. The van der Waals surface area contributed by atoms with Crippen molar-refractivity contribution in [3.05, 3.63) is 29.8 Å². The summed E-state index contributed by atoms with van der Waals surface area (Å²) in [6.45, 7) is 8.04. The molecule has 0 saturated heterocycles. The highest BCUT2D eigenvalue weighted by Crippen LogP contribution is 2.22. The zero-order valence-electron chi connectivity index (χ0n) is 13.2. The molecule has 1 N–H and O–H groups in total. The van der Waals surface area contributed by atoms with Gasteiger partial charge in [0.2, 0.25) is 0 Å². The Morgan fingerprint density at radius 1 is 1.15 bits per heavy atom. The highest BCUT2D eigenvalue weighted by atomic mass is 16.5. The van der Waals surface area contributed by atoms with E-state index in [0.717, 1.165) is 51.3 Å². The van der Waals surface area contributed by atoms with Crippen molar-refractivity contribution in [2.24, 2.45) is 5.92 Å². The number of hydrogen-bond acceptors (Lipinski definition) is 3. The lowest BCUT2D eigenvalue weighted by molar-refractivity contribution is 0.120. The molecular weight excluding hydrogens is 250 g/mol. The Balaban J connectivity index is 2.53.